The van der Waals surface area contributed by atoms with E-state index in [1.807, 2.05) is 0 Å². The molecule has 1 aliphatic rings. The summed E-state index contributed by atoms with van der Waals surface area (Å²) in [4.78, 5) is 0.741. The summed E-state index contributed by atoms with van der Waals surface area (Å²) in [5.41, 5.74) is 0. The van der Waals surface area contributed by atoms with Gasteiger partial charge in [-0.1, -0.05) is 13.8 Å². The van der Waals surface area contributed by atoms with Gasteiger partial charge in [-0.25, -0.2) is 4.39 Å². The smallest absolute Gasteiger partial charge is 0.123 e. The molecule has 1 fully saturated rings. The number of hydrogen-bond donors (Lipinski definition) is 1. The Hall–Kier alpha value is -0.740. The molecule has 2 rings (SSSR count). The van der Waals surface area contributed by atoms with E-state index in [1.165, 1.54) is 12.1 Å². The molecule has 1 saturated carbocycles. The maximum absolute atomic E-state index is 12.9. The Bertz CT molecular complexity index is 420. The standard InChI is InChI=1S/C14H20FNOS/c1-3-16-13-8-9-14(10(13)2)18(17)12-6-4-11(15)5-7-12/h4-7,10,13-14,16H,3,8-9H2,1-2H3. The molecule has 0 saturated heterocycles. The Labute approximate surface area is 110 Å². The van der Waals surface area contributed by atoms with Crippen LogP contribution in [0.15, 0.2) is 29.2 Å². The minimum atomic E-state index is -1.03. The van der Waals surface area contributed by atoms with E-state index < -0.39 is 10.8 Å². The first-order valence-electron chi connectivity index (χ1n) is 6.53. The van der Waals surface area contributed by atoms with Gasteiger partial charge in [0.1, 0.15) is 5.82 Å². The molecule has 0 aromatic heterocycles. The first-order chi connectivity index (χ1) is 8.63. The van der Waals surface area contributed by atoms with Crippen LogP contribution in [-0.2, 0) is 10.8 Å². The Morgan fingerprint density at radius 3 is 2.61 bits per heavy atom. The monoisotopic (exact) mass is 269 g/mol. The van der Waals surface area contributed by atoms with Crippen LogP contribution in [0.4, 0.5) is 4.39 Å². The van der Waals surface area contributed by atoms with E-state index in [0.717, 1.165) is 24.3 Å². The molecule has 1 aromatic rings. The summed E-state index contributed by atoms with van der Waals surface area (Å²) in [6, 6.07) is 6.50. The predicted molar refractivity (Wildman–Crippen MR) is 72.5 cm³/mol. The van der Waals surface area contributed by atoms with Gasteiger partial charge < -0.3 is 5.32 Å². The minimum Gasteiger partial charge on any atom is -0.314 e. The molecule has 4 unspecified atom stereocenters. The van der Waals surface area contributed by atoms with Crippen LogP contribution in [0.25, 0.3) is 0 Å². The molecule has 0 amide bonds. The molecule has 0 aliphatic heterocycles. The van der Waals surface area contributed by atoms with Crippen LogP contribution in [0.1, 0.15) is 26.7 Å². The van der Waals surface area contributed by atoms with Crippen molar-refractivity contribution in [1.82, 2.24) is 5.32 Å². The maximum atomic E-state index is 12.9. The largest absolute Gasteiger partial charge is 0.314 e. The average Bonchev–Trinajstić information content (AvgIpc) is 2.72. The van der Waals surface area contributed by atoms with Gasteiger partial charge in [-0.05, 0) is 49.6 Å². The first kappa shape index (κ1) is 13.7. The summed E-state index contributed by atoms with van der Waals surface area (Å²) < 4.78 is 25.3. The fourth-order valence-electron chi connectivity index (χ4n) is 2.72. The second-order valence-corrected chi connectivity index (χ2v) is 6.56. The zero-order valence-electron chi connectivity index (χ0n) is 10.9. The third-order valence-electron chi connectivity index (χ3n) is 3.77. The number of nitrogens with one attached hydrogen (secondary N) is 1. The third kappa shape index (κ3) is 2.81. The van der Waals surface area contributed by atoms with Gasteiger partial charge in [-0.2, -0.15) is 0 Å². The molecule has 4 heteroatoms. The predicted octanol–water partition coefficient (Wildman–Crippen LogP) is 2.71. The van der Waals surface area contributed by atoms with Crippen LogP contribution in [-0.4, -0.2) is 22.0 Å². The fraction of sp³-hybridized carbons (Fsp3) is 0.571. The van der Waals surface area contributed by atoms with E-state index in [4.69, 9.17) is 0 Å². The Balaban J connectivity index is 2.08. The van der Waals surface area contributed by atoms with Crippen molar-refractivity contribution in [2.45, 2.75) is 42.9 Å². The molecular formula is C14H20FNOS. The zero-order chi connectivity index (χ0) is 13.1. The normalized spacial score (nSPS) is 29.4. The van der Waals surface area contributed by atoms with Crippen LogP contribution in [0, 0.1) is 11.7 Å². The number of hydrogen-bond acceptors (Lipinski definition) is 2. The lowest BCUT2D eigenvalue weighted by Gasteiger charge is -2.20. The minimum absolute atomic E-state index is 0.180. The number of benzene rings is 1. The maximum Gasteiger partial charge on any atom is 0.123 e. The van der Waals surface area contributed by atoms with Gasteiger partial charge in [0, 0.05) is 16.2 Å². The molecule has 4 atom stereocenters. The van der Waals surface area contributed by atoms with E-state index in [2.05, 4.69) is 19.2 Å². The van der Waals surface area contributed by atoms with Gasteiger partial charge in [0.15, 0.2) is 0 Å². The lowest BCUT2D eigenvalue weighted by Crippen LogP contribution is -2.34. The summed E-state index contributed by atoms with van der Waals surface area (Å²) in [5, 5.41) is 3.63. The van der Waals surface area contributed by atoms with E-state index in [0.29, 0.717) is 12.0 Å². The third-order valence-corrected chi connectivity index (χ3v) is 5.72. The molecule has 1 aliphatic carbocycles. The van der Waals surface area contributed by atoms with Crippen molar-refractivity contribution >= 4 is 10.8 Å². The highest BCUT2D eigenvalue weighted by Gasteiger charge is 2.36. The van der Waals surface area contributed by atoms with E-state index in [9.17, 15) is 8.60 Å². The van der Waals surface area contributed by atoms with Gasteiger partial charge in [-0.3, -0.25) is 4.21 Å². The van der Waals surface area contributed by atoms with Gasteiger partial charge in [-0.15, -0.1) is 0 Å². The number of halogens is 1. The Morgan fingerprint density at radius 2 is 2.00 bits per heavy atom. The second kappa shape index (κ2) is 5.93. The second-order valence-electron chi connectivity index (χ2n) is 4.89. The molecule has 0 spiro atoms. The molecule has 1 N–H and O–H groups in total. The van der Waals surface area contributed by atoms with E-state index >= 15 is 0 Å². The first-order valence-corrected chi connectivity index (χ1v) is 7.74. The quantitative estimate of drug-likeness (QED) is 0.910. The molecule has 1 aromatic carbocycles. The lowest BCUT2D eigenvalue weighted by molar-refractivity contribution is 0.438. The highest BCUT2D eigenvalue weighted by atomic mass is 32.2. The van der Waals surface area contributed by atoms with Gasteiger partial charge in [0.25, 0.3) is 0 Å². The van der Waals surface area contributed by atoms with Gasteiger partial charge >= 0.3 is 0 Å². The van der Waals surface area contributed by atoms with Crippen molar-refractivity contribution in [3.63, 3.8) is 0 Å². The Morgan fingerprint density at radius 1 is 1.33 bits per heavy atom. The van der Waals surface area contributed by atoms with Crippen molar-refractivity contribution in [2.24, 2.45) is 5.92 Å². The van der Waals surface area contributed by atoms with Crippen LogP contribution >= 0.6 is 0 Å². The summed E-state index contributed by atoms with van der Waals surface area (Å²) in [6.45, 7) is 5.20. The van der Waals surface area contributed by atoms with E-state index in [1.54, 1.807) is 12.1 Å². The highest BCUT2D eigenvalue weighted by Crippen LogP contribution is 2.32. The van der Waals surface area contributed by atoms with Crippen LogP contribution in [0.5, 0.6) is 0 Å². The molecule has 100 valence electrons. The van der Waals surface area contributed by atoms with Gasteiger partial charge in [0.2, 0.25) is 0 Å². The van der Waals surface area contributed by atoms with Crippen molar-refractivity contribution in [3.05, 3.63) is 30.1 Å². The van der Waals surface area contributed by atoms with E-state index in [-0.39, 0.29) is 11.1 Å². The van der Waals surface area contributed by atoms with Crippen molar-refractivity contribution in [2.75, 3.05) is 6.54 Å². The number of rotatable bonds is 4. The molecule has 18 heavy (non-hydrogen) atoms. The molecule has 0 radical (unpaired) electrons. The fourth-order valence-corrected chi connectivity index (χ4v) is 4.41. The summed E-state index contributed by atoms with van der Waals surface area (Å²) in [6.07, 6.45) is 2.05. The highest BCUT2D eigenvalue weighted by molar-refractivity contribution is 7.85. The lowest BCUT2D eigenvalue weighted by atomic mass is 10.1. The summed E-state index contributed by atoms with van der Waals surface area (Å²) >= 11 is 0. The summed E-state index contributed by atoms with van der Waals surface area (Å²) in [5.74, 6) is 0.122. The van der Waals surface area contributed by atoms with Crippen LogP contribution in [0.2, 0.25) is 0 Å². The molecule has 2 nitrogen and oxygen atoms in total. The molecular weight excluding hydrogens is 249 g/mol. The summed E-state index contributed by atoms with van der Waals surface area (Å²) in [7, 11) is -1.03. The average molecular weight is 269 g/mol. The van der Waals surface area contributed by atoms with Crippen molar-refractivity contribution < 1.29 is 8.60 Å². The van der Waals surface area contributed by atoms with Crippen molar-refractivity contribution in [1.29, 1.82) is 0 Å². The topological polar surface area (TPSA) is 29.1 Å². The Kier molecular flexibility index (Phi) is 4.51. The SMILES string of the molecule is CCNC1CCC(S(=O)c2ccc(F)cc2)C1C. The van der Waals surface area contributed by atoms with Crippen LogP contribution < -0.4 is 5.32 Å². The molecule has 0 heterocycles. The van der Waals surface area contributed by atoms with Gasteiger partial charge in [0.05, 0.1) is 10.8 Å². The van der Waals surface area contributed by atoms with Crippen molar-refractivity contribution in [3.8, 4) is 0 Å². The van der Waals surface area contributed by atoms with Crippen LogP contribution in [0.3, 0.4) is 0 Å². The zero-order valence-corrected chi connectivity index (χ0v) is 11.7. The molecule has 0 bridgehead atoms.